The Morgan fingerprint density at radius 2 is 1.24 bits per heavy atom. The monoisotopic (exact) mass is 573 g/mol. The molecule has 0 aliphatic rings. The van der Waals surface area contributed by atoms with Crippen LogP contribution < -0.4 is 4.72 Å². The van der Waals surface area contributed by atoms with Gasteiger partial charge in [-0.1, -0.05) is 53.7 Å². The summed E-state index contributed by atoms with van der Waals surface area (Å²) in [6.07, 6.45) is -10.3. The van der Waals surface area contributed by atoms with Crippen molar-refractivity contribution in [1.82, 2.24) is 0 Å². The Balaban J connectivity index is 2.84. The van der Waals surface area contributed by atoms with E-state index in [-0.39, 0.29) is 28.7 Å². The van der Waals surface area contributed by atoms with Crippen LogP contribution in [0.25, 0.3) is 0 Å². The van der Waals surface area contributed by atoms with Crippen molar-refractivity contribution in [2.75, 3.05) is 4.72 Å². The average molecular weight is 574 g/mol. The summed E-state index contributed by atoms with van der Waals surface area (Å²) in [6.45, 7) is 11.0. The molecule has 0 aliphatic carbocycles. The second kappa shape index (κ2) is 9.72. The fourth-order valence-corrected chi connectivity index (χ4v) is 5.91. The van der Waals surface area contributed by atoms with Gasteiger partial charge < -0.3 is 0 Å². The molecule has 0 bridgehead atoms. The molecular weight excluding hydrogens is 548 g/mol. The van der Waals surface area contributed by atoms with E-state index in [0.717, 1.165) is 5.56 Å². The van der Waals surface area contributed by atoms with Crippen molar-refractivity contribution in [3.8, 4) is 0 Å². The quantitative estimate of drug-likeness (QED) is 0.351. The molecule has 11 heteroatoms. The first kappa shape index (κ1) is 28.5. The summed E-state index contributed by atoms with van der Waals surface area (Å²) in [7, 11) is -4.57. The lowest BCUT2D eigenvalue weighted by Gasteiger charge is -2.24. The third-order valence-electron chi connectivity index (χ3n) is 5.30. The lowest BCUT2D eigenvalue weighted by atomic mass is 9.89. The van der Waals surface area contributed by atoms with Gasteiger partial charge in [0.25, 0.3) is 10.0 Å². The first-order valence-electron chi connectivity index (χ1n) is 10.5. The molecule has 2 aromatic carbocycles. The van der Waals surface area contributed by atoms with Crippen LogP contribution in [-0.2, 0) is 22.4 Å². The number of hydrogen-bond donors (Lipinski definition) is 1. The molecule has 0 atom stereocenters. The number of alkyl halides is 6. The predicted octanol–water partition coefficient (Wildman–Crippen LogP) is 8.66. The predicted molar refractivity (Wildman–Crippen MR) is 124 cm³/mol. The highest BCUT2D eigenvalue weighted by molar-refractivity contribution is 9.10. The zero-order valence-electron chi connectivity index (χ0n) is 19.4. The molecule has 190 valence electrons. The number of sulfonamides is 1. The molecular formula is C23H26BrF6NO2S. The van der Waals surface area contributed by atoms with Crippen LogP contribution in [0.4, 0.5) is 32.0 Å². The first-order valence-corrected chi connectivity index (χ1v) is 12.7. The molecule has 0 aromatic heterocycles. The lowest BCUT2D eigenvalue weighted by molar-refractivity contribution is -0.143. The third kappa shape index (κ3) is 6.08. The summed E-state index contributed by atoms with van der Waals surface area (Å²) in [5.74, 6) is -0.483. The van der Waals surface area contributed by atoms with E-state index in [1.807, 2.05) is 18.6 Å². The smallest absolute Gasteiger partial charge is 0.278 e. The number of halogens is 7. The minimum Gasteiger partial charge on any atom is -0.278 e. The van der Waals surface area contributed by atoms with Crippen LogP contribution in [-0.4, -0.2) is 8.42 Å². The van der Waals surface area contributed by atoms with E-state index in [0.29, 0.717) is 17.2 Å². The Morgan fingerprint density at radius 1 is 0.765 bits per heavy atom. The summed E-state index contributed by atoms with van der Waals surface area (Å²) in [5.41, 5.74) is -2.36. The Hall–Kier alpha value is -1.75. The number of hydrogen-bond acceptors (Lipinski definition) is 2. The second-order valence-electron chi connectivity index (χ2n) is 8.98. The summed E-state index contributed by atoms with van der Waals surface area (Å²) in [6, 6.07) is 3.73. The third-order valence-corrected chi connectivity index (χ3v) is 7.65. The molecule has 0 spiro atoms. The largest absolute Gasteiger partial charge is 0.417 e. The van der Waals surface area contributed by atoms with Crippen molar-refractivity contribution >= 4 is 31.6 Å². The standard InChI is InChI=1S/C23H26BrF6NO2S/c1-11(2)14-7-16(12(3)4)21(17(8-14)13(5)6)34(32,33)31-19-10-15(22(25,26)27)9-18(20(19)24)23(28,29)30/h7-13,31H,1-6H3. The van der Waals surface area contributed by atoms with Gasteiger partial charge in [-0.2, -0.15) is 26.3 Å². The van der Waals surface area contributed by atoms with Gasteiger partial charge in [-0.05, 0) is 62.5 Å². The van der Waals surface area contributed by atoms with Gasteiger partial charge in [-0.15, -0.1) is 0 Å². The molecule has 0 fully saturated rings. The molecule has 1 N–H and O–H groups in total. The fraction of sp³-hybridized carbons (Fsp3) is 0.478. The van der Waals surface area contributed by atoms with Gasteiger partial charge in [0.2, 0.25) is 0 Å². The summed E-state index contributed by atoms with van der Waals surface area (Å²) in [4.78, 5) is -0.139. The molecule has 34 heavy (non-hydrogen) atoms. The van der Waals surface area contributed by atoms with Crippen molar-refractivity contribution in [2.24, 2.45) is 0 Å². The number of anilines is 1. The Kier molecular flexibility index (Phi) is 8.14. The van der Waals surface area contributed by atoms with Crippen molar-refractivity contribution in [3.63, 3.8) is 0 Å². The zero-order chi connectivity index (χ0) is 26.4. The molecule has 0 radical (unpaired) electrons. The van der Waals surface area contributed by atoms with E-state index < -0.39 is 43.7 Å². The van der Waals surface area contributed by atoms with Crippen molar-refractivity contribution in [3.05, 3.63) is 56.6 Å². The average Bonchev–Trinajstić information content (AvgIpc) is 2.66. The van der Waals surface area contributed by atoms with Gasteiger partial charge in [0.05, 0.1) is 26.2 Å². The molecule has 0 aliphatic heterocycles. The second-order valence-corrected chi connectivity index (χ2v) is 11.4. The number of nitrogens with one attached hydrogen (secondary N) is 1. The normalized spacial score (nSPS) is 13.3. The maximum Gasteiger partial charge on any atom is 0.417 e. The van der Waals surface area contributed by atoms with Gasteiger partial charge in [0.1, 0.15) is 0 Å². The minimum atomic E-state index is -5.15. The highest BCUT2D eigenvalue weighted by Crippen LogP contribution is 2.44. The van der Waals surface area contributed by atoms with Crippen molar-refractivity contribution in [1.29, 1.82) is 0 Å². The molecule has 0 amide bonds. The van der Waals surface area contributed by atoms with Crippen LogP contribution in [0.2, 0.25) is 0 Å². The molecule has 0 unspecified atom stereocenters. The number of benzene rings is 2. The molecule has 0 saturated heterocycles. The van der Waals surface area contributed by atoms with Gasteiger partial charge in [0, 0.05) is 0 Å². The molecule has 2 rings (SSSR count). The highest BCUT2D eigenvalue weighted by atomic mass is 79.9. The zero-order valence-corrected chi connectivity index (χ0v) is 21.8. The maximum absolute atomic E-state index is 13.5. The van der Waals surface area contributed by atoms with Gasteiger partial charge >= 0.3 is 12.4 Å². The van der Waals surface area contributed by atoms with Crippen LogP contribution in [0.1, 0.15) is 87.1 Å². The summed E-state index contributed by atoms with van der Waals surface area (Å²) >= 11 is 2.65. The first-order chi connectivity index (χ1) is 15.3. The van der Waals surface area contributed by atoms with Crippen LogP contribution >= 0.6 is 15.9 Å². The lowest BCUT2D eigenvalue weighted by Crippen LogP contribution is -2.21. The van der Waals surface area contributed by atoms with E-state index in [9.17, 15) is 34.8 Å². The Morgan fingerprint density at radius 3 is 1.59 bits per heavy atom. The van der Waals surface area contributed by atoms with Crippen molar-refractivity contribution < 1.29 is 34.8 Å². The number of rotatable bonds is 6. The minimum absolute atomic E-state index is 0.0571. The highest BCUT2D eigenvalue weighted by Gasteiger charge is 2.40. The Labute approximate surface area is 204 Å². The fourth-order valence-electron chi connectivity index (χ4n) is 3.46. The van der Waals surface area contributed by atoms with Gasteiger partial charge in [-0.3, -0.25) is 4.72 Å². The summed E-state index contributed by atoms with van der Waals surface area (Å²) in [5, 5.41) is 0. The topological polar surface area (TPSA) is 46.2 Å². The van der Waals surface area contributed by atoms with E-state index in [1.165, 1.54) is 0 Å². The van der Waals surface area contributed by atoms with E-state index in [1.54, 1.807) is 39.8 Å². The molecule has 2 aromatic rings. The van der Waals surface area contributed by atoms with E-state index in [2.05, 4.69) is 15.9 Å². The van der Waals surface area contributed by atoms with Gasteiger partial charge in [0.15, 0.2) is 0 Å². The molecule has 0 heterocycles. The van der Waals surface area contributed by atoms with E-state index >= 15 is 0 Å². The Bertz CT molecular complexity index is 1140. The van der Waals surface area contributed by atoms with Gasteiger partial charge in [-0.25, -0.2) is 8.42 Å². The van der Waals surface area contributed by atoms with Crippen LogP contribution in [0, 0.1) is 0 Å². The van der Waals surface area contributed by atoms with Crippen molar-refractivity contribution in [2.45, 2.75) is 76.5 Å². The summed E-state index contributed by atoms with van der Waals surface area (Å²) < 4.78 is 108. The van der Waals surface area contributed by atoms with E-state index in [4.69, 9.17) is 0 Å². The SMILES string of the molecule is CC(C)c1cc(C(C)C)c(S(=O)(=O)Nc2cc(C(F)(F)F)cc(C(F)(F)F)c2Br)c(C(C)C)c1. The molecule has 3 nitrogen and oxygen atoms in total. The van der Waals surface area contributed by atoms with Crippen LogP contribution in [0.3, 0.4) is 0 Å². The van der Waals surface area contributed by atoms with Crippen LogP contribution in [0.5, 0.6) is 0 Å². The van der Waals surface area contributed by atoms with Crippen LogP contribution in [0.15, 0.2) is 33.6 Å². The maximum atomic E-state index is 13.5. The molecule has 0 saturated carbocycles.